The lowest BCUT2D eigenvalue weighted by molar-refractivity contribution is 0.449. The van der Waals surface area contributed by atoms with E-state index < -0.39 is 5.82 Å². The van der Waals surface area contributed by atoms with E-state index in [0.717, 1.165) is 5.39 Å². The number of aryl methyl sites for hydroxylation is 1. The summed E-state index contributed by atoms with van der Waals surface area (Å²) in [5, 5.41) is 4.52. The summed E-state index contributed by atoms with van der Waals surface area (Å²) in [6.45, 7) is 1.78. The first-order valence-corrected chi connectivity index (χ1v) is 3.77. The maximum Gasteiger partial charge on any atom is 0.170 e. The van der Waals surface area contributed by atoms with Crippen molar-refractivity contribution in [2.45, 2.75) is 6.92 Å². The van der Waals surface area contributed by atoms with E-state index in [1.807, 2.05) is 0 Å². The molecule has 0 spiro atoms. The third-order valence-electron chi connectivity index (χ3n) is 1.69. The SMILES string of the molecule is Cc1noc2cc(F)c(Cl)cc12. The number of aromatic nitrogens is 1. The van der Waals surface area contributed by atoms with Crippen LogP contribution in [0.3, 0.4) is 0 Å². The van der Waals surface area contributed by atoms with E-state index in [4.69, 9.17) is 16.1 Å². The van der Waals surface area contributed by atoms with E-state index in [9.17, 15) is 4.39 Å². The molecule has 0 N–H and O–H groups in total. The Hall–Kier alpha value is -1.09. The summed E-state index contributed by atoms with van der Waals surface area (Å²) in [5.41, 5.74) is 1.14. The Morgan fingerprint density at radius 3 is 3.00 bits per heavy atom. The number of hydrogen-bond acceptors (Lipinski definition) is 2. The Bertz CT molecular complexity index is 438. The molecule has 2 aromatic rings. The number of halogens is 2. The first-order valence-electron chi connectivity index (χ1n) is 3.39. The van der Waals surface area contributed by atoms with Crippen molar-refractivity contribution in [1.29, 1.82) is 0 Å². The molecule has 1 aromatic heterocycles. The van der Waals surface area contributed by atoms with Crippen LogP contribution in [0.15, 0.2) is 16.7 Å². The number of benzene rings is 1. The van der Waals surface area contributed by atoms with Gasteiger partial charge in [0.25, 0.3) is 0 Å². The van der Waals surface area contributed by atoms with E-state index in [1.54, 1.807) is 6.92 Å². The van der Waals surface area contributed by atoms with Gasteiger partial charge in [-0.1, -0.05) is 16.8 Å². The van der Waals surface area contributed by atoms with Gasteiger partial charge in [0.05, 0.1) is 10.7 Å². The molecule has 4 heteroatoms. The molecular weight excluding hydrogens is 181 g/mol. The first-order chi connectivity index (χ1) is 5.68. The molecule has 0 saturated carbocycles. The fourth-order valence-electron chi connectivity index (χ4n) is 1.05. The van der Waals surface area contributed by atoms with Crippen molar-refractivity contribution >= 4 is 22.6 Å². The largest absolute Gasteiger partial charge is 0.356 e. The van der Waals surface area contributed by atoms with Gasteiger partial charge in [-0.05, 0) is 13.0 Å². The van der Waals surface area contributed by atoms with Crippen LogP contribution in [-0.2, 0) is 0 Å². The second-order valence-corrected chi connectivity index (χ2v) is 2.94. The Labute approximate surface area is 72.9 Å². The van der Waals surface area contributed by atoms with Crippen LogP contribution < -0.4 is 0 Å². The predicted octanol–water partition coefficient (Wildman–Crippen LogP) is 2.93. The highest BCUT2D eigenvalue weighted by Crippen LogP contribution is 2.24. The van der Waals surface area contributed by atoms with Gasteiger partial charge in [0.15, 0.2) is 5.58 Å². The monoisotopic (exact) mass is 185 g/mol. The zero-order chi connectivity index (χ0) is 8.72. The third kappa shape index (κ3) is 0.975. The first kappa shape index (κ1) is 7.55. The minimum atomic E-state index is -0.486. The summed E-state index contributed by atoms with van der Waals surface area (Å²) in [6.07, 6.45) is 0. The van der Waals surface area contributed by atoms with E-state index in [0.29, 0.717) is 11.3 Å². The van der Waals surface area contributed by atoms with Crippen molar-refractivity contribution in [3.63, 3.8) is 0 Å². The zero-order valence-corrected chi connectivity index (χ0v) is 7.02. The van der Waals surface area contributed by atoms with Gasteiger partial charge in [-0.15, -0.1) is 0 Å². The molecule has 0 fully saturated rings. The highest BCUT2D eigenvalue weighted by Gasteiger charge is 2.08. The minimum absolute atomic E-state index is 0.0915. The van der Waals surface area contributed by atoms with E-state index in [-0.39, 0.29) is 5.02 Å². The molecule has 2 rings (SSSR count). The van der Waals surface area contributed by atoms with Gasteiger partial charge in [0, 0.05) is 11.5 Å². The van der Waals surface area contributed by atoms with Gasteiger partial charge < -0.3 is 4.52 Å². The van der Waals surface area contributed by atoms with Crippen LogP contribution in [0.25, 0.3) is 11.0 Å². The number of hydrogen-bond donors (Lipinski definition) is 0. The van der Waals surface area contributed by atoms with E-state index >= 15 is 0 Å². The highest BCUT2D eigenvalue weighted by molar-refractivity contribution is 6.31. The molecule has 0 aliphatic carbocycles. The normalized spacial score (nSPS) is 10.9. The smallest absolute Gasteiger partial charge is 0.170 e. The second-order valence-electron chi connectivity index (χ2n) is 2.53. The second kappa shape index (κ2) is 2.45. The van der Waals surface area contributed by atoms with Gasteiger partial charge >= 0.3 is 0 Å². The number of fused-ring (bicyclic) bond motifs is 1. The summed E-state index contributed by atoms with van der Waals surface area (Å²) >= 11 is 5.57. The van der Waals surface area contributed by atoms with Crippen molar-refractivity contribution in [3.8, 4) is 0 Å². The molecule has 0 atom stereocenters. The maximum atomic E-state index is 12.8. The quantitative estimate of drug-likeness (QED) is 0.631. The number of nitrogens with zero attached hydrogens (tertiary/aromatic N) is 1. The summed E-state index contributed by atoms with van der Waals surface area (Å²) in [4.78, 5) is 0. The molecular formula is C8H5ClFNO. The van der Waals surface area contributed by atoms with Gasteiger partial charge in [0.1, 0.15) is 5.82 Å². The van der Waals surface area contributed by atoms with Crippen LogP contribution in [0.4, 0.5) is 4.39 Å². The fraction of sp³-hybridized carbons (Fsp3) is 0.125. The topological polar surface area (TPSA) is 26.0 Å². The van der Waals surface area contributed by atoms with Crippen LogP contribution in [-0.4, -0.2) is 5.16 Å². The molecule has 1 aromatic carbocycles. The lowest BCUT2D eigenvalue weighted by Crippen LogP contribution is -1.76. The molecule has 0 unspecified atom stereocenters. The lowest BCUT2D eigenvalue weighted by atomic mass is 10.2. The lowest BCUT2D eigenvalue weighted by Gasteiger charge is -1.91. The van der Waals surface area contributed by atoms with Crippen LogP contribution in [0, 0.1) is 12.7 Å². The highest BCUT2D eigenvalue weighted by atomic mass is 35.5. The van der Waals surface area contributed by atoms with Crippen molar-refractivity contribution < 1.29 is 8.91 Å². The van der Waals surface area contributed by atoms with E-state index in [1.165, 1.54) is 12.1 Å². The van der Waals surface area contributed by atoms with Crippen LogP contribution in [0.2, 0.25) is 5.02 Å². The standard InChI is InChI=1S/C8H5ClFNO/c1-4-5-2-6(9)7(10)3-8(5)12-11-4/h2-3H,1H3. The molecule has 0 aliphatic rings. The Morgan fingerprint density at radius 1 is 1.50 bits per heavy atom. The average Bonchev–Trinajstić information content (AvgIpc) is 2.35. The zero-order valence-electron chi connectivity index (χ0n) is 6.27. The molecule has 0 aliphatic heterocycles. The maximum absolute atomic E-state index is 12.8. The van der Waals surface area contributed by atoms with Crippen molar-refractivity contribution in [3.05, 3.63) is 28.7 Å². The van der Waals surface area contributed by atoms with Crippen LogP contribution in [0.1, 0.15) is 5.69 Å². The molecule has 62 valence electrons. The van der Waals surface area contributed by atoms with Crippen molar-refractivity contribution in [2.75, 3.05) is 0 Å². The molecule has 0 radical (unpaired) electrons. The van der Waals surface area contributed by atoms with Gasteiger partial charge in [-0.25, -0.2) is 4.39 Å². The minimum Gasteiger partial charge on any atom is -0.356 e. The molecule has 0 amide bonds. The van der Waals surface area contributed by atoms with Crippen LogP contribution >= 0.6 is 11.6 Å². The Morgan fingerprint density at radius 2 is 2.25 bits per heavy atom. The van der Waals surface area contributed by atoms with Crippen molar-refractivity contribution in [2.24, 2.45) is 0 Å². The third-order valence-corrected chi connectivity index (χ3v) is 1.98. The summed E-state index contributed by atoms with van der Waals surface area (Å²) < 4.78 is 17.7. The Balaban J connectivity index is 2.87. The van der Waals surface area contributed by atoms with Gasteiger partial charge in [-0.2, -0.15) is 0 Å². The molecule has 12 heavy (non-hydrogen) atoms. The average molecular weight is 186 g/mol. The fourth-order valence-corrected chi connectivity index (χ4v) is 1.22. The van der Waals surface area contributed by atoms with Gasteiger partial charge in [-0.3, -0.25) is 0 Å². The summed E-state index contributed by atoms with van der Waals surface area (Å²) in [6, 6.07) is 2.75. The Kier molecular flexibility index (Phi) is 1.54. The van der Waals surface area contributed by atoms with Crippen molar-refractivity contribution in [1.82, 2.24) is 5.16 Å². The van der Waals surface area contributed by atoms with Crippen LogP contribution in [0.5, 0.6) is 0 Å². The molecule has 2 nitrogen and oxygen atoms in total. The van der Waals surface area contributed by atoms with Gasteiger partial charge in [0.2, 0.25) is 0 Å². The summed E-state index contributed by atoms with van der Waals surface area (Å²) in [5.74, 6) is -0.486. The predicted molar refractivity (Wildman–Crippen MR) is 43.7 cm³/mol. The number of rotatable bonds is 0. The molecule has 1 heterocycles. The summed E-state index contributed by atoms with van der Waals surface area (Å²) in [7, 11) is 0. The molecule has 0 bridgehead atoms. The molecule has 0 saturated heterocycles. The van der Waals surface area contributed by atoms with E-state index in [2.05, 4.69) is 5.16 Å².